The van der Waals surface area contributed by atoms with Gasteiger partial charge in [0, 0.05) is 36.1 Å². The van der Waals surface area contributed by atoms with Gasteiger partial charge in [0.15, 0.2) is 0 Å². The van der Waals surface area contributed by atoms with E-state index < -0.39 is 0 Å². The second-order valence-electron chi connectivity index (χ2n) is 4.14. The molecule has 0 unspecified atom stereocenters. The predicted molar refractivity (Wildman–Crippen MR) is 78.3 cm³/mol. The Morgan fingerprint density at radius 2 is 1.67 bits per heavy atom. The summed E-state index contributed by atoms with van der Waals surface area (Å²) in [6.07, 6.45) is 1.45. The van der Waals surface area contributed by atoms with Gasteiger partial charge in [0.05, 0.1) is 26.9 Å². The van der Waals surface area contributed by atoms with Crippen molar-refractivity contribution >= 4 is 11.6 Å². The molecule has 110 valence electrons. The van der Waals surface area contributed by atoms with Crippen LogP contribution in [-0.4, -0.2) is 32.2 Å². The fraction of sp³-hybridized carbons (Fsp3) is 0.200. The molecular weight excluding hydrogens is 272 g/mol. The van der Waals surface area contributed by atoms with Crippen molar-refractivity contribution in [3.8, 4) is 17.4 Å². The number of nitrogens with zero attached hydrogens (tertiary/aromatic N) is 1. The van der Waals surface area contributed by atoms with Crippen LogP contribution in [0.25, 0.3) is 0 Å². The van der Waals surface area contributed by atoms with Crippen molar-refractivity contribution < 1.29 is 19.0 Å². The number of hydrogen-bond donors (Lipinski definition) is 1. The van der Waals surface area contributed by atoms with Crippen molar-refractivity contribution in [2.24, 2.45) is 0 Å². The lowest BCUT2D eigenvalue weighted by molar-refractivity contribution is 0.102. The third kappa shape index (κ3) is 3.62. The normalized spacial score (nSPS) is 9.86. The molecule has 0 aliphatic carbocycles. The zero-order valence-corrected chi connectivity index (χ0v) is 12.0. The quantitative estimate of drug-likeness (QED) is 0.914. The summed E-state index contributed by atoms with van der Waals surface area (Å²) in [7, 11) is 4.62. The first-order valence-electron chi connectivity index (χ1n) is 6.20. The Hall–Kier alpha value is -2.76. The van der Waals surface area contributed by atoms with E-state index >= 15 is 0 Å². The average Bonchev–Trinajstić information content (AvgIpc) is 2.54. The highest BCUT2D eigenvalue weighted by Gasteiger charge is 2.09. The average molecular weight is 288 g/mol. The van der Waals surface area contributed by atoms with E-state index in [2.05, 4.69) is 10.3 Å². The minimum Gasteiger partial charge on any atom is -0.497 e. The largest absolute Gasteiger partial charge is 0.497 e. The SMILES string of the molecule is COc1cc(NC(=O)c2ccc(OC)nc2)cc(OC)c1. The summed E-state index contributed by atoms with van der Waals surface area (Å²) >= 11 is 0. The van der Waals surface area contributed by atoms with E-state index in [1.165, 1.54) is 13.3 Å². The second kappa shape index (κ2) is 6.60. The van der Waals surface area contributed by atoms with Gasteiger partial charge in [-0.05, 0) is 6.07 Å². The predicted octanol–water partition coefficient (Wildman–Crippen LogP) is 2.36. The third-order valence-electron chi connectivity index (χ3n) is 2.82. The van der Waals surface area contributed by atoms with Gasteiger partial charge < -0.3 is 19.5 Å². The monoisotopic (exact) mass is 288 g/mol. The fourth-order valence-electron chi connectivity index (χ4n) is 1.72. The molecule has 0 atom stereocenters. The topological polar surface area (TPSA) is 69.7 Å². The second-order valence-corrected chi connectivity index (χ2v) is 4.14. The molecule has 0 fully saturated rings. The number of rotatable bonds is 5. The van der Waals surface area contributed by atoms with Crippen LogP contribution in [0.4, 0.5) is 5.69 Å². The van der Waals surface area contributed by atoms with Crippen molar-refractivity contribution in [3.05, 3.63) is 42.1 Å². The van der Waals surface area contributed by atoms with Crippen LogP contribution < -0.4 is 19.5 Å². The molecule has 1 amide bonds. The molecular formula is C15H16N2O4. The minimum atomic E-state index is -0.277. The Morgan fingerprint density at radius 1 is 1.00 bits per heavy atom. The Labute approximate surface area is 122 Å². The summed E-state index contributed by atoms with van der Waals surface area (Å²) in [5, 5.41) is 2.77. The number of carbonyl (C=O) groups excluding carboxylic acids is 1. The number of pyridine rings is 1. The number of carbonyl (C=O) groups is 1. The summed E-state index contributed by atoms with van der Waals surface area (Å²) in [5.74, 6) is 1.37. The summed E-state index contributed by atoms with van der Waals surface area (Å²) < 4.78 is 15.3. The van der Waals surface area contributed by atoms with Gasteiger partial charge in [-0.3, -0.25) is 4.79 Å². The lowest BCUT2D eigenvalue weighted by Gasteiger charge is -2.10. The molecule has 2 aromatic rings. The third-order valence-corrected chi connectivity index (χ3v) is 2.82. The highest BCUT2D eigenvalue weighted by Crippen LogP contribution is 2.26. The molecule has 1 aromatic carbocycles. The minimum absolute atomic E-state index is 0.277. The van der Waals surface area contributed by atoms with E-state index in [-0.39, 0.29) is 5.91 Å². The van der Waals surface area contributed by atoms with Gasteiger partial charge >= 0.3 is 0 Å². The molecule has 6 heteroatoms. The standard InChI is InChI=1S/C15H16N2O4/c1-19-12-6-11(7-13(8-12)20-2)17-15(18)10-4-5-14(21-3)16-9-10/h4-9H,1-3H3,(H,17,18). The lowest BCUT2D eigenvalue weighted by Crippen LogP contribution is -2.12. The molecule has 0 spiro atoms. The summed E-state index contributed by atoms with van der Waals surface area (Å²) in [4.78, 5) is 16.1. The maximum Gasteiger partial charge on any atom is 0.257 e. The summed E-state index contributed by atoms with van der Waals surface area (Å²) in [6.45, 7) is 0. The molecule has 0 bridgehead atoms. The molecule has 0 saturated heterocycles. The number of amides is 1. The van der Waals surface area contributed by atoms with Crippen LogP contribution in [-0.2, 0) is 0 Å². The van der Waals surface area contributed by atoms with Crippen molar-refractivity contribution in [2.45, 2.75) is 0 Å². The van der Waals surface area contributed by atoms with Gasteiger partial charge in [-0.2, -0.15) is 0 Å². The molecule has 1 aromatic heterocycles. The smallest absolute Gasteiger partial charge is 0.257 e. The van der Waals surface area contributed by atoms with Gasteiger partial charge in [0.2, 0.25) is 5.88 Å². The number of nitrogens with one attached hydrogen (secondary N) is 1. The van der Waals surface area contributed by atoms with Crippen molar-refractivity contribution in [1.82, 2.24) is 4.98 Å². The zero-order valence-electron chi connectivity index (χ0n) is 12.0. The molecule has 21 heavy (non-hydrogen) atoms. The maximum absolute atomic E-state index is 12.1. The molecule has 1 heterocycles. The van der Waals surface area contributed by atoms with Crippen LogP contribution in [0.2, 0.25) is 0 Å². The number of ether oxygens (including phenoxy) is 3. The van der Waals surface area contributed by atoms with Crippen molar-refractivity contribution in [2.75, 3.05) is 26.6 Å². The van der Waals surface area contributed by atoms with Gasteiger partial charge in [0.1, 0.15) is 11.5 Å². The molecule has 0 saturated carbocycles. The number of methoxy groups -OCH3 is 3. The first-order chi connectivity index (χ1) is 10.2. The maximum atomic E-state index is 12.1. The molecule has 2 rings (SSSR count). The lowest BCUT2D eigenvalue weighted by atomic mass is 10.2. The van der Waals surface area contributed by atoms with E-state index in [9.17, 15) is 4.79 Å². The van der Waals surface area contributed by atoms with Crippen molar-refractivity contribution in [3.63, 3.8) is 0 Å². The van der Waals surface area contributed by atoms with Gasteiger partial charge in [0.25, 0.3) is 5.91 Å². The van der Waals surface area contributed by atoms with Crippen molar-refractivity contribution in [1.29, 1.82) is 0 Å². The van der Waals surface area contributed by atoms with E-state index in [0.29, 0.717) is 28.6 Å². The van der Waals surface area contributed by atoms with Crippen LogP contribution in [0.15, 0.2) is 36.5 Å². The summed E-state index contributed by atoms with van der Waals surface area (Å²) in [5.41, 5.74) is 1.00. The van der Waals surface area contributed by atoms with E-state index in [1.54, 1.807) is 44.6 Å². The van der Waals surface area contributed by atoms with Crippen LogP contribution >= 0.6 is 0 Å². The van der Waals surface area contributed by atoms with E-state index in [4.69, 9.17) is 14.2 Å². The molecule has 0 aliphatic rings. The molecule has 0 aliphatic heterocycles. The van der Waals surface area contributed by atoms with Gasteiger partial charge in [-0.15, -0.1) is 0 Å². The van der Waals surface area contributed by atoms with E-state index in [0.717, 1.165) is 0 Å². The van der Waals surface area contributed by atoms with Crippen LogP contribution in [0, 0.1) is 0 Å². The highest BCUT2D eigenvalue weighted by atomic mass is 16.5. The number of aromatic nitrogens is 1. The number of hydrogen-bond acceptors (Lipinski definition) is 5. The van der Waals surface area contributed by atoms with Gasteiger partial charge in [-0.25, -0.2) is 4.98 Å². The van der Waals surface area contributed by atoms with Crippen LogP contribution in [0.3, 0.4) is 0 Å². The Bertz CT molecular complexity index is 604. The molecule has 0 radical (unpaired) electrons. The summed E-state index contributed by atoms with van der Waals surface area (Å²) in [6, 6.07) is 8.40. The van der Waals surface area contributed by atoms with Crippen LogP contribution in [0.1, 0.15) is 10.4 Å². The fourth-order valence-corrected chi connectivity index (χ4v) is 1.72. The first-order valence-corrected chi connectivity index (χ1v) is 6.20. The van der Waals surface area contributed by atoms with Crippen LogP contribution in [0.5, 0.6) is 17.4 Å². The highest BCUT2D eigenvalue weighted by molar-refractivity contribution is 6.04. The number of benzene rings is 1. The first kappa shape index (κ1) is 14.6. The molecule has 1 N–H and O–H groups in total. The zero-order chi connectivity index (χ0) is 15.2. The Morgan fingerprint density at radius 3 is 2.14 bits per heavy atom. The Balaban J connectivity index is 2.18. The van der Waals surface area contributed by atoms with E-state index in [1.807, 2.05) is 0 Å². The van der Waals surface area contributed by atoms with Gasteiger partial charge in [-0.1, -0.05) is 0 Å². The molecule has 6 nitrogen and oxygen atoms in total. The number of anilines is 1. The Kier molecular flexibility index (Phi) is 4.61.